The molecule has 0 aliphatic carbocycles. The van der Waals surface area contributed by atoms with E-state index in [-0.39, 0.29) is 5.25 Å². The summed E-state index contributed by atoms with van der Waals surface area (Å²) in [7, 11) is -2.87. The summed E-state index contributed by atoms with van der Waals surface area (Å²) in [5.74, 6) is 0.980. The average Bonchev–Trinajstić information content (AvgIpc) is 2.24. The average molecular weight is 277 g/mol. The maximum atomic E-state index is 11.7. The predicted molar refractivity (Wildman–Crippen MR) is 79.7 cm³/mol. The van der Waals surface area contributed by atoms with Crippen molar-refractivity contribution in [3.8, 4) is 0 Å². The fourth-order valence-electron chi connectivity index (χ4n) is 1.99. The molecule has 18 heavy (non-hydrogen) atoms. The summed E-state index contributed by atoms with van der Waals surface area (Å²) >= 11 is 0. The van der Waals surface area contributed by atoms with Crippen LogP contribution >= 0.6 is 0 Å². The molecular weight excluding hydrogens is 246 g/mol. The Balaban J connectivity index is 4.10. The first-order valence-corrected chi connectivity index (χ1v) is 8.96. The number of hydrogen-bond acceptors (Lipinski definition) is 3. The van der Waals surface area contributed by atoms with Crippen LogP contribution in [0.4, 0.5) is 0 Å². The Morgan fingerprint density at radius 2 is 1.72 bits per heavy atom. The number of sulfone groups is 1. The third kappa shape index (κ3) is 8.09. The highest BCUT2D eigenvalue weighted by Crippen LogP contribution is 2.12. The molecule has 0 saturated carbocycles. The molecule has 0 fully saturated rings. The van der Waals surface area contributed by atoms with Crippen LogP contribution in [0, 0.1) is 5.92 Å². The first kappa shape index (κ1) is 17.9. The van der Waals surface area contributed by atoms with E-state index in [2.05, 4.69) is 26.1 Å². The lowest BCUT2D eigenvalue weighted by Crippen LogP contribution is -2.32. The van der Waals surface area contributed by atoms with Crippen LogP contribution in [-0.4, -0.2) is 32.0 Å². The van der Waals surface area contributed by atoms with Crippen molar-refractivity contribution in [1.82, 2.24) is 5.32 Å². The second-order valence-electron chi connectivity index (χ2n) is 5.84. The molecule has 4 heteroatoms. The Labute approximate surface area is 114 Å². The minimum Gasteiger partial charge on any atom is -0.314 e. The van der Waals surface area contributed by atoms with Gasteiger partial charge < -0.3 is 5.32 Å². The van der Waals surface area contributed by atoms with E-state index in [1.807, 2.05) is 0 Å². The van der Waals surface area contributed by atoms with Gasteiger partial charge in [0.15, 0.2) is 9.84 Å². The van der Waals surface area contributed by atoms with E-state index < -0.39 is 9.84 Å². The number of hydrogen-bond donors (Lipinski definition) is 1. The molecule has 0 radical (unpaired) electrons. The standard InChI is InChI=1S/C14H31NO2S/c1-6-9-15-14(11-12(2)3)8-7-10-18(16,17)13(4)5/h12-15H,6-11H2,1-5H3. The molecule has 1 unspecified atom stereocenters. The minimum absolute atomic E-state index is 0.246. The highest BCUT2D eigenvalue weighted by Gasteiger charge is 2.17. The lowest BCUT2D eigenvalue weighted by atomic mass is 10.00. The third-order valence-electron chi connectivity index (χ3n) is 3.14. The largest absolute Gasteiger partial charge is 0.314 e. The maximum Gasteiger partial charge on any atom is 0.152 e. The zero-order valence-electron chi connectivity index (χ0n) is 12.7. The van der Waals surface area contributed by atoms with Gasteiger partial charge in [0, 0.05) is 6.04 Å². The molecule has 0 aliphatic rings. The van der Waals surface area contributed by atoms with Crippen molar-refractivity contribution in [2.45, 2.75) is 71.6 Å². The van der Waals surface area contributed by atoms with Crippen molar-refractivity contribution in [2.24, 2.45) is 5.92 Å². The highest BCUT2D eigenvalue weighted by atomic mass is 32.2. The van der Waals surface area contributed by atoms with E-state index in [0.717, 1.165) is 32.2 Å². The third-order valence-corrected chi connectivity index (χ3v) is 5.43. The fraction of sp³-hybridized carbons (Fsp3) is 1.00. The summed E-state index contributed by atoms with van der Waals surface area (Å²) in [6.07, 6.45) is 3.99. The highest BCUT2D eigenvalue weighted by molar-refractivity contribution is 7.91. The van der Waals surface area contributed by atoms with Gasteiger partial charge >= 0.3 is 0 Å². The van der Waals surface area contributed by atoms with Crippen LogP contribution < -0.4 is 5.32 Å². The van der Waals surface area contributed by atoms with Gasteiger partial charge in [-0.15, -0.1) is 0 Å². The Hall–Kier alpha value is -0.0900. The Morgan fingerprint density at radius 1 is 1.11 bits per heavy atom. The van der Waals surface area contributed by atoms with E-state index in [9.17, 15) is 8.42 Å². The van der Waals surface area contributed by atoms with Crippen molar-refractivity contribution < 1.29 is 8.42 Å². The molecule has 1 N–H and O–H groups in total. The predicted octanol–water partition coefficient (Wildman–Crippen LogP) is 3.00. The molecular formula is C14H31NO2S. The van der Waals surface area contributed by atoms with Gasteiger partial charge in [-0.05, 0) is 52.0 Å². The van der Waals surface area contributed by atoms with E-state index in [0.29, 0.717) is 17.7 Å². The van der Waals surface area contributed by atoms with Crippen molar-refractivity contribution in [1.29, 1.82) is 0 Å². The lowest BCUT2D eigenvalue weighted by Gasteiger charge is -2.20. The van der Waals surface area contributed by atoms with E-state index in [1.54, 1.807) is 13.8 Å². The topological polar surface area (TPSA) is 46.2 Å². The van der Waals surface area contributed by atoms with Crippen LogP contribution in [0.3, 0.4) is 0 Å². The van der Waals surface area contributed by atoms with E-state index in [4.69, 9.17) is 0 Å². The zero-order valence-corrected chi connectivity index (χ0v) is 13.5. The molecule has 0 aromatic heterocycles. The van der Waals surface area contributed by atoms with Gasteiger partial charge in [-0.3, -0.25) is 0 Å². The van der Waals surface area contributed by atoms with Crippen molar-refractivity contribution in [3.05, 3.63) is 0 Å². The molecule has 0 bridgehead atoms. The molecule has 3 nitrogen and oxygen atoms in total. The van der Waals surface area contributed by atoms with E-state index in [1.165, 1.54) is 0 Å². The molecule has 0 aliphatic heterocycles. The molecule has 110 valence electrons. The Kier molecular flexibility index (Phi) is 8.87. The quantitative estimate of drug-likeness (QED) is 0.667. The summed E-state index contributed by atoms with van der Waals surface area (Å²) in [6.45, 7) is 11.1. The van der Waals surface area contributed by atoms with Crippen molar-refractivity contribution in [2.75, 3.05) is 12.3 Å². The first-order chi connectivity index (χ1) is 8.29. The molecule has 0 aromatic carbocycles. The Bertz CT molecular complexity index is 297. The smallest absolute Gasteiger partial charge is 0.152 e. The molecule has 0 heterocycles. The van der Waals surface area contributed by atoms with Crippen LogP contribution in [0.15, 0.2) is 0 Å². The number of rotatable bonds is 10. The minimum atomic E-state index is -2.87. The molecule has 0 rings (SSSR count). The molecule has 0 spiro atoms. The van der Waals surface area contributed by atoms with Crippen molar-refractivity contribution in [3.63, 3.8) is 0 Å². The second-order valence-corrected chi connectivity index (χ2v) is 8.52. The monoisotopic (exact) mass is 277 g/mol. The molecule has 0 amide bonds. The fourth-order valence-corrected chi connectivity index (χ4v) is 3.03. The first-order valence-electron chi connectivity index (χ1n) is 7.24. The lowest BCUT2D eigenvalue weighted by molar-refractivity contribution is 0.395. The van der Waals surface area contributed by atoms with Crippen LogP contribution in [-0.2, 0) is 9.84 Å². The molecule has 0 saturated heterocycles. The van der Waals surface area contributed by atoms with Gasteiger partial charge in [-0.2, -0.15) is 0 Å². The van der Waals surface area contributed by atoms with Gasteiger partial charge in [-0.25, -0.2) is 8.42 Å². The second kappa shape index (κ2) is 8.92. The SMILES string of the molecule is CCCNC(CCCS(=O)(=O)C(C)C)CC(C)C. The summed E-state index contributed by atoms with van der Waals surface area (Å²) < 4.78 is 23.5. The normalized spacial score (nSPS) is 14.4. The summed E-state index contributed by atoms with van der Waals surface area (Å²) in [5, 5.41) is 3.28. The summed E-state index contributed by atoms with van der Waals surface area (Å²) in [5.41, 5.74) is 0. The summed E-state index contributed by atoms with van der Waals surface area (Å²) in [4.78, 5) is 0. The van der Waals surface area contributed by atoms with Gasteiger partial charge in [-0.1, -0.05) is 20.8 Å². The van der Waals surface area contributed by atoms with Crippen molar-refractivity contribution >= 4 is 9.84 Å². The van der Waals surface area contributed by atoms with Gasteiger partial charge in [0.25, 0.3) is 0 Å². The van der Waals surface area contributed by atoms with Crippen LogP contribution in [0.1, 0.15) is 60.3 Å². The van der Waals surface area contributed by atoms with Gasteiger partial charge in [0.2, 0.25) is 0 Å². The van der Waals surface area contributed by atoms with Crippen LogP contribution in [0.2, 0.25) is 0 Å². The number of nitrogens with one attached hydrogen (secondary N) is 1. The Morgan fingerprint density at radius 3 is 2.17 bits per heavy atom. The maximum absolute atomic E-state index is 11.7. The zero-order chi connectivity index (χ0) is 14.2. The van der Waals surface area contributed by atoms with E-state index >= 15 is 0 Å². The van der Waals surface area contributed by atoms with Crippen LogP contribution in [0.25, 0.3) is 0 Å². The van der Waals surface area contributed by atoms with Gasteiger partial charge in [0.05, 0.1) is 11.0 Å². The van der Waals surface area contributed by atoms with Crippen LogP contribution in [0.5, 0.6) is 0 Å². The molecule has 0 aromatic rings. The van der Waals surface area contributed by atoms with Gasteiger partial charge in [0.1, 0.15) is 0 Å². The molecule has 1 atom stereocenters. The summed E-state index contributed by atoms with van der Waals surface area (Å²) in [6, 6.07) is 0.465.